The van der Waals surface area contributed by atoms with Gasteiger partial charge in [-0.2, -0.15) is 0 Å². The molecule has 4 unspecified atom stereocenters. The minimum absolute atomic E-state index is 0.0836. The van der Waals surface area contributed by atoms with Gasteiger partial charge in [0.25, 0.3) is 0 Å². The summed E-state index contributed by atoms with van der Waals surface area (Å²) in [4.78, 5) is 1.33. The number of hydrogen-bond donors (Lipinski definition) is 1. The van der Waals surface area contributed by atoms with Crippen LogP contribution in [0.1, 0.15) is 62.5 Å². The molecule has 0 aromatic carbocycles. The Morgan fingerprint density at radius 1 is 1.47 bits per heavy atom. The third-order valence-electron chi connectivity index (χ3n) is 4.25. The molecule has 1 heterocycles. The number of aryl methyl sites for hydroxylation is 1. The molecule has 19 heavy (non-hydrogen) atoms. The average molecular weight is 281 g/mol. The zero-order valence-electron chi connectivity index (χ0n) is 12.4. The Labute approximate surface area is 121 Å². The molecule has 108 valence electrons. The largest absolute Gasteiger partial charge is 0.368 e. The van der Waals surface area contributed by atoms with Gasteiger partial charge in [0.05, 0.1) is 6.10 Å². The van der Waals surface area contributed by atoms with Crippen molar-refractivity contribution in [2.45, 2.75) is 71.1 Å². The predicted molar refractivity (Wildman–Crippen MR) is 82.6 cm³/mol. The first-order valence-corrected chi connectivity index (χ1v) is 8.44. The Morgan fingerprint density at radius 3 is 2.84 bits per heavy atom. The molecule has 0 bridgehead atoms. The van der Waals surface area contributed by atoms with Gasteiger partial charge in [0, 0.05) is 10.9 Å². The highest BCUT2D eigenvalue weighted by atomic mass is 32.1. The van der Waals surface area contributed by atoms with Crippen LogP contribution in [0.2, 0.25) is 0 Å². The number of nitrogens with two attached hydrogens (primary N) is 1. The molecule has 1 aliphatic carbocycles. The van der Waals surface area contributed by atoms with Crippen molar-refractivity contribution in [2.24, 2.45) is 11.7 Å². The van der Waals surface area contributed by atoms with Crippen molar-refractivity contribution in [3.05, 3.63) is 21.9 Å². The summed E-state index contributed by atoms with van der Waals surface area (Å²) in [6.45, 7) is 6.64. The summed E-state index contributed by atoms with van der Waals surface area (Å²) >= 11 is 1.79. The molecule has 4 atom stereocenters. The van der Waals surface area contributed by atoms with Gasteiger partial charge in [0.1, 0.15) is 6.10 Å². The van der Waals surface area contributed by atoms with Gasteiger partial charge in [-0.15, -0.1) is 11.3 Å². The molecule has 1 saturated carbocycles. The average Bonchev–Trinajstić information content (AvgIpc) is 2.81. The maximum atomic E-state index is 6.43. The maximum absolute atomic E-state index is 6.43. The van der Waals surface area contributed by atoms with E-state index in [0.29, 0.717) is 6.10 Å². The van der Waals surface area contributed by atoms with Crippen LogP contribution >= 0.6 is 11.3 Å². The van der Waals surface area contributed by atoms with E-state index in [2.05, 4.69) is 32.2 Å². The molecule has 2 nitrogen and oxygen atoms in total. The summed E-state index contributed by atoms with van der Waals surface area (Å²) in [5.74, 6) is 0.793. The van der Waals surface area contributed by atoms with Crippen molar-refractivity contribution in [1.29, 1.82) is 0 Å². The molecule has 0 amide bonds. The fraction of sp³-hybridized carbons (Fsp3) is 0.750. The molecule has 0 spiro atoms. The van der Waals surface area contributed by atoms with E-state index in [1.165, 1.54) is 36.1 Å². The van der Waals surface area contributed by atoms with E-state index in [4.69, 9.17) is 10.5 Å². The first-order chi connectivity index (χ1) is 9.11. The number of hydrogen-bond acceptors (Lipinski definition) is 3. The van der Waals surface area contributed by atoms with E-state index >= 15 is 0 Å². The van der Waals surface area contributed by atoms with E-state index in [1.54, 1.807) is 11.3 Å². The predicted octanol–water partition coefficient (Wildman–Crippen LogP) is 4.43. The Kier molecular flexibility index (Phi) is 5.43. The maximum Gasteiger partial charge on any atom is 0.107 e. The van der Waals surface area contributed by atoms with Gasteiger partial charge in [-0.25, -0.2) is 0 Å². The van der Waals surface area contributed by atoms with E-state index < -0.39 is 0 Å². The Bertz CT molecular complexity index is 390. The third kappa shape index (κ3) is 3.80. The molecule has 3 heteroatoms. The van der Waals surface area contributed by atoms with Gasteiger partial charge in [-0.1, -0.05) is 26.7 Å². The van der Waals surface area contributed by atoms with Crippen LogP contribution in [0.25, 0.3) is 0 Å². The molecule has 0 saturated heterocycles. The van der Waals surface area contributed by atoms with Crippen LogP contribution < -0.4 is 5.73 Å². The zero-order valence-corrected chi connectivity index (χ0v) is 13.2. The molecular formula is C16H27NOS. The summed E-state index contributed by atoms with van der Waals surface area (Å²) in [6, 6.07) is 2.27. The molecule has 1 aliphatic rings. The van der Waals surface area contributed by atoms with Crippen LogP contribution in [-0.2, 0) is 4.74 Å². The lowest BCUT2D eigenvalue weighted by molar-refractivity contribution is -0.0504. The lowest BCUT2D eigenvalue weighted by Gasteiger charge is -2.32. The highest BCUT2D eigenvalue weighted by Gasteiger charge is 2.28. The van der Waals surface area contributed by atoms with Crippen molar-refractivity contribution in [3.8, 4) is 0 Å². The quantitative estimate of drug-likeness (QED) is 0.866. The lowest BCUT2D eigenvalue weighted by Crippen LogP contribution is -2.34. The van der Waals surface area contributed by atoms with Gasteiger partial charge in [-0.3, -0.25) is 0 Å². The summed E-state index contributed by atoms with van der Waals surface area (Å²) in [5.41, 5.74) is 7.63. The van der Waals surface area contributed by atoms with E-state index in [1.807, 2.05) is 0 Å². The minimum atomic E-state index is 0.0836. The summed E-state index contributed by atoms with van der Waals surface area (Å²) in [6.07, 6.45) is 6.47. The second-order valence-corrected chi connectivity index (χ2v) is 6.94. The molecule has 0 radical (unpaired) electrons. The summed E-state index contributed by atoms with van der Waals surface area (Å²) in [7, 11) is 0. The van der Waals surface area contributed by atoms with Gasteiger partial charge in [0.15, 0.2) is 0 Å². The smallest absolute Gasteiger partial charge is 0.107 e. The van der Waals surface area contributed by atoms with Crippen LogP contribution in [0.15, 0.2) is 11.4 Å². The SMILES string of the molecule is CCC(N)C(OC1CCCC(C)C1)c1sccc1C. The zero-order chi connectivity index (χ0) is 13.8. The van der Waals surface area contributed by atoms with Crippen molar-refractivity contribution >= 4 is 11.3 Å². The Balaban J connectivity index is 2.08. The number of ether oxygens (including phenoxy) is 1. The highest BCUT2D eigenvalue weighted by molar-refractivity contribution is 7.10. The molecule has 1 aromatic heterocycles. The molecule has 2 N–H and O–H groups in total. The first kappa shape index (κ1) is 15.0. The van der Waals surface area contributed by atoms with Crippen molar-refractivity contribution in [2.75, 3.05) is 0 Å². The molecule has 2 rings (SSSR count). The number of thiophene rings is 1. The standard InChI is InChI=1S/C16H27NOS/c1-4-14(17)15(16-12(3)8-9-19-16)18-13-7-5-6-11(2)10-13/h8-9,11,13-15H,4-7,10,17H2,1-3H3. The van der Waals surface area contributed by atoms with E-state index in [0.717, 1.165) is 12.3 Å². The normalized spacial score (nSPS) is 27.2. The van der Waals surface area contributed by atoms with Gasteiger partial charge >= 0.3 is 0 Å². The third-order valence-corrected chi connectivity index (χ3v) is 5.33. The van der Waals surface area contributed by atoms with Crippen molar-refractivity contribution in [1.82, 2.24) is 0 Å². The van der Waals surface area contributed by atoms with Gasteiger partial charge < -0.3 is 10.5 Å². The van der Waals surface area contributed by atoms with Gasteiger partial charge in [-0.05, 0) is 49.1 Å². The van der Waals surface area contributed by atoms with E-state index in [-0.39, 0.29) is 12.1 Å². The molecule has 1 aromatic rings. The Morgan fingerprint density at radius 2 is 2.26 bits per heavy atom. The van der Waals surface area contributed by atoms with E-state index in [9.17, 15) is 0 Å². The highest BCUT2D eigenvalue weighted by Crippen LogP contribution is 2.35. The Hall–Kier alpha value is -0.380. The fourth-order valence-corrected chi connectivity index (χ4v) is 3.99. The van der Waals surface area contributed by atoms with Gasteiger partial charge in [0.2, 0.25) is 0 Å². The molecule has 1 fully saturated rings. The monoisotopic (exact) mass is 281 g/mol. The first-order valence-electron chi connectivity index (χ1n) is 7.56. The molecule has 0 aliphatic heterocycles. The lowest BCUT2D eigenvalue weighted by atomic mass is 9.88. The number of rotatable bonds is 5. The fourth-order valence-electron chi connectivity index (χ4n) is 2.96. The topological polar surface area (TPSA) is 35.2 Å². The second-order valence-electron chi connectivity index (χ2n) is 5.99. The van der Waals surface area contributed by atoms with Crippen molar-refractivity contribution < 1.29 is 4.74 Å². The second kappa shape index (κ2) is 6.87. The molecular weight excluding hydrogens is 254 g/mol. The van der Waals surface area contributed by atoms with Crippen molar-refractivity contribution in [3.63, 3.8) is 0 Å². The van der Waals surface area contributed by atoms with Crippen LogP contribution in [0.4, 0.5) is 0 Å². The summed E-state index contributed by atoms with van der Waals surface area (Å²) in [5, 5.41) is 2.15. The van der Waals surface area contributed by atoms with Crippen LogP contribution in [0.5, 0.6) is 0 Å². The van der Waals surface area contributed by atoms with Crippen LogP contribution in [-0.4, -0.2) is 12.1 Å². The van der Waals surface area contributed by atoms with Crippen LogP contribution in [0, 0.1) is 12.8 Å². The minimum Gasteiger partial charge on any atom is -0.368 e. The van der Waals surface area contributed by atoms with Crippen LogP contribution in [0.3, 0.4) is 0 Å². The summed E-state index contributed by atoms with van der Waals surface area (Å²) < 4.78 is 6.43.